The van der Waals surface area contributed by atoms with Gasteiger partial charge in [0.25, 0.3) is 5.91 Å². The van der Waals surface area contributed by atoms with Crippen LogP contribution in [0, 0.1) is 0 Å². The molecule has 7 heteroatoms. The molecular weight excluding hydrogens is 306 g/mol. The summed E-state index contributed by atoms with van der Waals surface area (Å²) in [6, 6.07) is 10.6. The number of rotatable bonds is 4. The molecule has 0 unspecified atom stereocenters. The number of amides is 1. The van der Waals surface area contributed by atoms with Crippen LogP contribution in [-0.4, -0.2) is 26.0 Å². The zero-order chi connectivity index (χ0) is 16.9. The minimum atomic E-state index is -0.457. The molecule has 120 valence electrons. The topological polar surface area (TPSA) is 114 Å². The Bertz CT molecular complexity index is 851. The number of nitrogens with two attached hydrogens (primary N) is 1. The van der Waals surface area contributed by atoms with E-state index in [1.165, 1.54) is 12.4 Å². The minimum absolute atomic E-state index is 0.0353. The molecule has 0 fully saturated rings. The van der Waals surface area contributed by atoms with E-state index in [9.17, 15) is 4.79 Å². The number of anilines is 2. The van der Waals surface area contributed by atoms with Gasteiger partial charge in [-0.1, -0.05) is 24.3 Å². The van der Waals surface area contributed by atoms with E-state index >= 15 is 0 Å². The van der Waals surface area contributed by atoms with E-state index in [1.807, 2.05) is 0 Å². The van der Waals surface area contributed by atoms with Crippen LogP contribution >= 0.6 is 0 Å². The number of aliphatic hydroxyl groups is 1. The summed E-state index contributed by atoms with van der Waals surface area (Å²) in [4.78, 5) is 24.7. The van der Waals surface area contributed by atoms with Crippen molar-refractivity contribution in [2.75, 3.05) is 11.1 Å². The summed E-state index contributed by atoms with van der Waals surface area (Å²) in [6.07, 6.45) is 4.64. The minimum Gasteiger partial charge on any atom is -0.392 e. The first-order chi connectivity index (χ1) is 11.7. The molecule has 1 aromatic carbocycles. The van der Waals surface area contributed by atoms with E-state index in [0.29, 0.717) is 11.4 Å². The van der Waals surface area contributed by atoms with E-state index < -0.39 is 5.91 Å². The number of nitrogens with zero attached hydrogens (tertiary/aromatic N) is 3. The first kappa shape index (κ1) is 15.6. The highest BCUT2D eigenvalue weighted by molar-refractivity contribution is 6.05. The van der Waals surface area contributed by atoms with Gasteiger partial charge in [-0.05, 0) is 17.7 Å². The van der Waals surface area contributed by atoms with Gasteiger partial charge in [0.15, 0.2) is 11.5 Å². The Kier molecular flexibility index (Phi) is 4.44. The van der Waals surface area contributed by atoms with Gasteiger partial charge in [0.05, 0.1) is 30.4 Å². The van der Waals surface area contributed by atoms with Crippen LogP contribution in [0.1, 0.15) is 16.1 Å². The molecule has 0 aliphatic heterocycles. The van der Waals surface area contributed by atoms with Gasteiger partial charge < -0.3 is 16.2 Å². The molecule has 0 aliphatic rings. The van der Waals surface area contributed by atoms with Crippen LogP contribution in [0.4, 0.5) is 11.5 Å². The molecule has 0 aliphatic carbocycles. The predicted octanol–water partition coefficient (Wildman–Crippen LogP) is 1.87. The van der Waals surface area contributed by atoms with Crippen LogP contribution in [0.5, 0.6) is 0 Å². The summed E-state index contributed by atoms with van der Waals surface area (Å²) in [7, 11) is 0. The molecule has 1 amide bonds. The van der Waals surface area contributed by atoms with Crippen LogP contribution in [0.3, 0.4) is 0 Å². The Hall–Kier alpha value is -3.32. The fourth-order valence-electron chi connectivity index (χ4n) is 2.11. The Balaban J connectivity index is 1.89. The van der Waals surface area contributed by atoms with E-state index in [2.05, 4.69) is 20.3 Å². The second-order valence-electron chi connectivity index (χ2n) is 5.04. The molecule has 4 N–H and O–H groups in total. The van der Waals surface area contributed by atoms with Gasteiger partial charge >= 0.3 is 0 Å². The van der Waals surface area contributed by atoms with Gasteiger partial charge in [-0.2, -0.15) is 0 Å². The third-order valence-corrected chi connectivity index (χ3v) is 3.37. The van der Waals surface area contributed by atoms with Crippen LogP contribution < -0.4 is 11.1 Å². The lowest BCUT2D eigenvalue weighted by molar-refractivity contribution is 0.102. The second-order valence-corrected chi connectivity index (χ2v) is 5.04. The van der Waals surface area contributed by atoms with Crippen molar-refractivity contribution in [2.45, 2.75) is 6.61 Å². The average molecular weight is 321 g/mol. The molecule has 24 heavy (non-hydrogen) atoms. The summed E-state index contributed by atoms with van der Waals surface area (Å²) in [5, 5.41) is 11.8. The zero-order valence-corrected chi connectivity index (χ0v) is 12.7. The highest BCUT2D eigenvalue weighted by Gasteiger charge is 2.15. The Morgan fingerprint density at radius 3 is 2.62 bits per heavy atom. The molecular formula is C17H15N5O2. The first-order valence-corrected chi connectivity index (χ1v) is 7.21. The van der Waals surface area contributed by atoms with Crippen molar-refractivity contribution in [3.8, 4) is 11.3 Å². The maximum Gasteiger partial charge on any atom is 0.278 e. The zero-order valence-electron chi connectivity index (χ0n) is 12.7. The maximum atomic E-state index is 12.4. The fraction of sp³-hybridized carbons (Fsp3) is 0.0588. The maximum absolute atomic E-state index is 12.4. The number of hydrogen-bond donors (Lipinski definition) is 3. The molecule has 0 spiro atoms. The highest BCUT2D eigenvalue weighted by atomic mass is 16.3. The monoisotopic (exact) mass is 321 g/mol. The Morgan fingerprint density at radius 2 is 1.96 bits per heavy atom. The highest BCUT2D eigenvalue weighted by Crippen LogP contribution is 2.20. The first-order valence-electron chi connectivity index (χ1n) is 7.21. The molecule has 0 saturated heterocycles. The smallest absolute Gasteiger partial charge is 0.278 e. The van der Waals surface area contributed by atoms with Crippen LogP contribution in [-0.2, 0) is 6.61 Å². The van der Waals surface area contributed by atoms with E-state index in [0.717, 1.165) is 11.1 Å². The molecule has 0 radical (unpaired) electrons. The third-order valence-electron chi connectivity index (χ3n) is 3.37. The van der Waals surface area contributed by atoms with Gasteiger partial charge in [0.2, 0.25) is 0 Å². The van der Waals surface area contributed by atoms with Gasteiger partial charge in [-0.3, -0.25) is 9.78 Å². The summed E-state index contributed by atoms with van der Waals surface area (Å²) >= 11 is 0. The molecule has 7 nitrogen and oxygen atoms in total. The fourth-order valence-corrected chi connectivity index (χ4v) is 2.11. The number of carbonyl (C=O) groups is 1. The van der Waals surface area contributed by atoms with Gasteiger partial charge in [0, 0.05) is 11.8 Å². The van der Waals surface area contributed by atoms with Crippen LogP contribution in [0.2, 0.25) is 0 Å². The lowest BCUT2D eigenvalue weighted by Crippen LogP contribution is -2.17. The number of hydrogen-bond acceptors (Lipinski definition) is 6. The van der Waals surface area contributed by atoms with Crippen molar-refractivity contribution in [1.82, 2.24) is 15.0 Å². The van der Waals surface area contributed by atoms with Crippen molar-refractivity contribution in [3.63, 3.8) is 0 Å². The van der Waals surface area contributed by atoms with Crippen LogP contribution in [0.25, 0.3) is 11.3 Å². The summed E-state index contributed by atoms with van der Waals surface area (Å²) in [6.45, 7) is -0.0353. The largest absolute Gasteiger partial charge is 0.392 e. The molecule has 3 rings (SSSR count). The lowest BCUT2D eigenvalue weighted by atomic mass is 10.1. The van der Waals surface area contributed by atoms with E-state index in [-0.39, 0.29) is 18.1 Å². The molecule has 0 saturated carbocycles. The van der Waals surface area contributed by atoms with E-state index in [1.54, 1.807) is 42.6 Å². The number of carbonyl (C=O) groups excluding carboxylic acids is 1. The molecule has 0 atom stereocenters. The molecule has 0 bridgehead atoms. The lowest BCUT2D eigenvalue weighted by Gasteiger charge is -2.08. The quantitative estimate of drug-likeness (QED) is 0.676. The Morgan fingerprint density at radius 1 is 1.17 bits per heavy atom. The summed E-state index contributed by atoms with van der Waals surface area (Å²) in [5.41, 5.74) is 8.45. The summed E-state index contributed by atoms with van der Waals surface area (Å²) in [5.74, 6) is -0.408. The molecule has 2 heterocycles. The standard InChI is InChI=1S/C17H15N5O2/c18-16-15(17(24)21-13-2-1-7-19-8-13)22-14(9-20-16)12-5-3-11(10-23)4-6-12/h1-9,23H,10H2,(H2,18,20)(H,21,24). The number of nitrogens with one attached hydrogen (secondary N) is 1. The van der Waals surface area contributed by atoms with E-state index in [4.69, 9.17) is 10.8 Å². The SMILES string of the molecule is Nc1ncc(-c2ccc(CO)cc2)nc1C(=O)Nc1cccnc1. The Labute approximate surface area is 138 Å². The van der Waals surface area contributed by atoms with Crippen molar-refractivity contribution in [3.05, 3.63) is 66.2 Å². The van der Waals surface area contributed by atoms with Gasteiger partial charge in [-0.15, -0.1) is 0 Å². The second kappa shape index (κ2) is 6.84. The van der Waals surface area contributed by atoms with Crippen molar-refractivity contribution in [2.24, 2.45) is 0 Å². The van der Waals surface area contributed by atoms with Crippen molar-refractivity contribution >= 4 is 17.4 Å². The number of benzene rings is 1. The normalized spacial score (nSPS) is 10.4. The van der Waals surface area contributed by atoms with Crippen molar-refractivity contribution in [1.29, 1.82) is 0 Å². The number of nitrogen functional groups attached to an aromatic ring is 1. The average Bonchev–Trinajstić information content (AvgIpc) is 2.63. The van der Waals surface area contributed by atoms with Crippen LogP contribution in [0.15, 0.2) is 55.0 Å². The predicted molar refractivity (Wildman–Crippen MR) is 90.0 cm³/mol. The molecule has 3 aromatic rings. The number of pyridine rings is 1. The summed E-state index contributed by atoms with van der Waals surface area (Å²) < 4.78 is 0. The van der Waals surface area contributed by atoms with Gasteiger partial charge in [-0.25, -0.2) is 9.97 Å². The number of aromatic nitrogens is 3. The number of aliphatic hydroxyl groups excluding tert-OH is 1. The third kappa shape index (κ3) is 3.36. The molecule has 2 aromatic heterocycles. The van der Waals surface area contributed by atoms with Gasteiger partial charge in [0.1, 0.15) is 0 Å². The van der Waals surface area contributed by atoms with Crippen molar-refractivity contribution < 1.29 is 9.90 Å².